The summed E-state index contributed by atoms with van der Waals surface area (Å²) in [4.78, 5) is 32.4. The molecule has 0 spiro atoms. The Balaban J connectivity index is 1.38. The van der Waals surface area contributed by atoms with Crippen molar-refractivity contribution in [2.75, 3.05) is 13.1 Å². The van der Waals surface area contributed by atoms with Gasteiger partial charge < -0.3 is 15.4 Å². The van der Waals surface area contributed by atoms with E-state index in [0.29, 0.717) is 30.0 Å². The largest absolute Gasteiger partial charge is 0.444 e. The highest BCUT2D eigenvalue weighted by Gasteiger charge is 2.26. The number of fused-ring (bicyclic) bond motifs is 1. The number of nitrogens with two attached hydrogens (primary N) is 1. The molecule has 1 saturated heterocycles. The third-order valence-electron chi connectivity index (χ3n) is 6.84. The van der Waals surface area contributed by atoms with Gasteiger partial charge in [0.25, 0.3) is 0 Å². The number of piperidine rings is 1. The van der Waals surface area contributed by atoms with Crippen molar-refractivity contribution in [1.29, 1.82) is 0 Å². The van der Waals surface area contributed by atoms with Crippen LogP contribution >= 0.6 is 0 Å². The average molecular weight is 553 g/mol. The van der Waals surface area contributed by atoms with Gasteiger partial charge in [0.05, 0.1) is 11.7 Å². The van der Waals surface area contributed by atoms with E-state index in [4.69, 9.17) is 15.5 Å². The second kappa shape index (κ2) is 11.8. The van der Waals surface area contributed by atoms with Crippen molar-refractivity contribution in [3.63, 3.8) is 0 Å². The number of aliphatic imine (C=N–C) groups is 1. The van der Waals surface area contributed by atoms with Crippen LogP contribution in [0, 0.1) is 5.82 Å². The van der Waals surface area contributed by atoms with Gasteiger partial charge in [-0.2, -0.15) is 0 Å². The molecule has 2 N–H and O–H groups in total. The van der Waals surface area contributed by atoms with E-state index in [1.165, 1.54) is 12.3 Å². The lowest BCUT2D eigenvalue weighted by Crippen LogP contribution is -2.42. The van der Waals surface area contributed by atoms with Crippen LogP contribution in [0.5, 0.6) is 0 Å². The summed E-state index contributed by atoms with van der Waals surface area (Å²) in [6.07, 6.45) is 9.63. The van der Waals surface area contributed by atoms with E-state index in [2.05, 4.69) is 15.0 Å². The van der Waals surface area contributed by atoms with Crippen LogP contribution in [0.25, 0.3) is 39.0 Å². The monoisotopic (exact) mass is 552 g/mol. The molecule has 4 heterocycles. The van der Waals surface area contributed by atoms with Crippen LogP contribution in [0.1, 0.15) is 39.2 Å². The van der Waals surface area contributed by atoms with E-state index in [0.717, 1.165) is 40.5 Å². The molecule has 3 aromatic heterocycles. The van der Waals surface area contributed by atoms with Gasteiger partial charge in [0.15, 0.2) is 5.65 Å². The molecule has 1 aromatic carbocycles. The first-order valence-electron chi connectivity index (χ1n) is 13.6. The summed E-state index contributed by atoms with van der Waals surface area (Å²) in [5.41, 5.74) is 10.1. The standard InChI is InChI=1S/C32H33FN6O2/c1-32(2,3)41-31(40)39-13-10-24(11-14-39)37-20-23(17-34)21-15-22(19-35-18-21)27-16-29(26-7-4-5-9-28(26)33)38-30-25(27)8-6-12-36-30/h4-9,12,15-20,24H,10-11,13-14,34H2,1-3H3. The maximum atomic E-state index is 14.7. The number of pyridine rings is 3. The van der Waals surface area contributed by atoms with E-state index in [1.807, 2.05) is 45.0 Å². The van der Waals surface area contributed by atoms with Crippen LogP contribution in [0.15, 0.2) is 78.3 Å². The van der Waals surface area contributed by atoms with Gasteiger partial charge in [-0.3, -0.25) is 9.98 Å². The fourth-order valence-electron chi connectivity index (χ4n) is 4.77. The van der Waals surface area contributed by atoms with E-state index < -0.39 is 5.60 Å². The molecule has 0 atom stereocenters. The molecule has 0 radical (unpaired) electrons. The summed E-state index contributed by atoms with van der Waals surface area (Å²) >= 11 is 0. The Morgan fingerprint density at radius 3 is 2.61 bits per heavy atom. The van der Waals surface area contributed by atoms with Crippen LogP contribution in [0.4, 0.5) is 9.18 Å². The molecule has 1 aliphatic heterocycles. The molecule has 0 aliphatic carbocycles. The fraction of sp³-hybridized carbons (Fsp3) is 0.281. The third kappa shape index (κ3) is 6.57. The van der Waals surface area contributed by atoms with Gasteiger partial charge in [0, 0.05) is 71.7 Å². The van der Waals surface area contributed by atoms with E-state index in [-0.39, 0.29) is 18.0 Å². The lowest BCUT2D eigenvalue weighted by molar-refractivity contribution is 0.0207. The zero-order valence-electron chi connectivity index (χ0n) is 23.4. The van der Waals surface area contributed by atoms with Crippen molar-refractivity contribution in [2.24, 2.45) is 10.7 Å². The van der Waals surface area contributed by atoms with Crippen molar-refractivity contribution >= 4 is 28.9 Å². The van der Waals surface area contributed by atoms with Crippen LogP contribution in [0.3, 0.4) is 0 Å². The molecule has 0 bridgehead atoms. The molecular formula is C32H33FN6O2. The van der Waals surface area contributed by atoms with E-state index in [9.17, 15) is 9.18 Å². The highest BCUT2D eigenvalue weighted by atomic mass is 19.1. The highest BCUT2D eigenvalue weighted by Crippen LogP contribution is 2.33. The number of hydrogen-bond donors (Lipinski definition) is 1. The SMILES string of the molecule is CC(C)(C)OC(=O)N1CCC(N=CC(=CN)c2cncc(-c3cc(-c4ccccc4F)nc4ncccc34)c2)CC1. The van der Waals surface area contributed by atoms with E-state index in [1.54, 1.807) is 47.9 Å². The number of allylic oxidation sites excluding steroid dienone is 1. The topological polar surface area (TPSA) is 107 Å². The zero-order chi connectivity index (χ0) is 29.0. The molecule has 1 amide bonds. The molecule has 1 aliphatic rings. The quantitative estimate of drug-likeness (QED) is 0.293. The first-order valence-corrected chi connectivity index (χ1v) is 13.6. The number of carbonyl (C=O) groups excluding carboxylic acids is 1. The Bertz CT molecular complexity index is 1620. The molecule has 0 saturated carbocycles. The Morgan fingerprint density at radius 2 is 1.88 bits per heavy atom. The molecule has 5 rings (SSSR count). The third-order valence-corrected chi connectivity index (χ3v) is 6.84. The molecule has 41 heavy (non-hydrogen) atoms. The summed E-state index contributed by atoms with van der Waals surface area (Å²) < 4.78 is 20.1. The maximum Gasteiger partial charge on any atom is 0.410 e. The van der Waals surface area contributed by atoms with Gasteiger partial charge in [0.2, 0.25) is 0 Å². The van der Waals surface area contributed by atoms with Crippen LogP contribution in [-0.2, 0) is 4.74 Å². The highest BCUT2D eigenvalue weighted by molar-refractivity contribution is 6.10. The molecule has 1 fully saturated rings. The van der Waals surface area contributed by atoms with Gasteiger partial charge in [-0.05, 0) is 75.6 Å². The number of likely N-dealkylation sites (tertiary alicyclic amines) is 1. The van der Waals surface area contributed by atoms with Crippen molar-refractivity contribution in [3.8, 4) is 22.4 Å². The second-order valence-electron chi connectivity index (χ2n) is 11.0. The predicted molar refractivity (Wildman–Crippen MR) is 160 cm³/mol. The lowest BCUT2D eigenvalue weighted by Gasteiger charge is -2.32. The van der Waals surface area contributed by atoms with Gasteiger partial charge in [-0.25, -0.2) is 19.2 Å². The van der Waals surface area contributed by atoms with Crippen molar-refractivity contribution in [2.45, 2.75) is 45.3 Å². The Hall–Kier alpha value is -4.66. The minimum Gasteiger partial charge on any atom is -0.444 e. The lowest BCUT2D eigenvalue weighted by atomic mass is 9.98. The average Bonchev–Trinajstić information content (AvgIpc) is 2.97. The Morgan fingerprint density at radius 1 is 1.10 bits per heavy atom. The Labute approximate surface area is 238 Å². The number of rotatable bonds is 5. The predicted octanol–water partition coefficient (Wildman–Crippen LogP) is 6.27. The number of nitrogens with zero attached hydrogens (tertiary/aromatic N) is 5. The summed E-state index contributed by atoms with van der Waals surface area (Å²) in [5, 5.41) is 0.829. The van der Waals surface area contributed by atoms with Gasteiger partial charge in [-0.1, -0.05) is 12.1 Å². The number of aromatic nitrogens is 3. The first kappa shape index (κ1) is 27.9. The number of ether oxygens (including phenoxy) is 1. The maximum absolute atomic E-state index is 14.7. The summed E-state index contributed by atoms with van der Waals surface area (Å²) in [7, 11) is 0. The minimum atomic E-state index is -0.520. The number of carbonyl (C=O) groups is 1. The molecule has 0 unspecified atom stereocenters. The first-order chi connectivity index (χ1) is 19.7. The van der Waals surface area contributed by atoms with Crippen molar-refractivity contribution in [1.82, 2.24) is 19.9 Å². The summed E-state index contributed by atoms with van der Waals surface area (Å²) in [6.45, 7) is 6.76. The van der Waals surface area contributed by atoms with Crippen LogP contribution < -0.4 is 5.73 Å². The van der Waals surface area contributed by atoms with Gasteiger partial charge in [0.1, 0.15) is 11.4 Å². The molecule has 9 heteroatoms. The number of benzene rings is 1. The minimum absolute atomic E-state index is 0.0679. The normalized spacial score (nSPS) is 15.0. The zero-order valence-corrected chi connectivity index (χ0v) is 23.4. The smallest absolute Gasteiger partial charge is 0.410 e. The van der Waals surface area contributed by atoms with Crippen LogP contribution in [-0.4, -0.2) is 56.9 Å². The van der Waals surface area contributed by atoms with Crippen molar-refractivity contribution < 1.29 is 13.9 Å². The molecule has 8 nitrogen and oxygen atoms in total. The number of halogens is 1. The summed E-state index contributed by atoms with van der Waals surface area (Å²) in [6, 6.07) is 14.3. The Kier molecular flexibility index (Phi) is 8.05. The second-order valence-corrected chi connectivity index (χ2v) is 11.0. The van der Waals surface area contributed by atoms with Gasteiger partial charge in [-0.15, -0.1) is 0 Å². The van der Waals surface area contributed by atoms with Crippen molar-refractivity contribution in [3.05, 3.63) is 84.7 Å². The summed E-state index contributed by atoms with van der Waals surface area (Å²) in [5.74, 6) is -0.352. The molecular weight excluding hydrogens is 519 g/mol. The number of hydrogen-bond acceptors (Lipinski definition) is 7. The van der Waals surface area contributed by atoms with Crippen LogP contribution in [0.2, 0.25) is 0 Å². The fourth-order valence-corrected chi connectivity index (χ4v) is 4.77. The van der Waals surface area contributed by atoms with E-state index >= 15 is 0 Å². The molecule has 210 valence electrons. The van der Waals surface area contributed by atoms with Gasteiger partial charge >= 0.3 is 6.09 Å². The molecule has 4 aromatic rings. The number of amides is 1.